The molecule has 0 unspecified atom stereocenters. The van der Waals surface area contributed by atoms with Crippen molar-refractivity contribution in [3.05, 3.63) is 30.0 Å². The third-order valence-corrected chi connectivity index (χ3v) is 3.48. The van der Waals surface area contributed by atoms with Gasteiger partial charge in [-0.05, 0) is 31.2 Å². The number of carbonyl (C=O) groups excluding carboxylic acids is 1. The summed E-state index contributed by atoms with van der Waals surface area (Å²) in [6.45, 7) is -1.28. The lowest BCUT2D eigenvalue weighted by atomic mass is 10.2. The van der Waals surface area contributed by atoms with Crippen LogP contribution >= 0.6 is 0 Å². The van der Waals surface area contributed by atoms with Crippen LogP contribution in [0.5, 0.6) is 5.75 Å². The summed E-state index contributed by atoms with van der Waals surface area (Å²) in [5.74, 6) is -0.191. The van der Waals surface area contributed by atoms with Crippen LogP contribution in [0.4, 0.5) is 8.78 Å². The van der Waals surface area contributed by atoms with E-state index in [-0.39, 0.29) is 17.7 Å². The summed E-state index contributed by atoms with van der Waals surface area (Å²) >= 11 is 0. The lowest BCUT2D eigenvalue weighted by Crippen LogP contribution is -2.36. The summed E-state index contributed by atoms with van der Waals surface area (Å²) in [4.78, 5) is 15.1. The van der Waals surface area contributed by atoms with Crippen LogP contribution in [0.3, 0.4) is 0 Å². The minimum atomic E-state index is -2.90. The first-order chi connectivity index (χ1) is 10.1. The Hall–Kier alpha value is -2.15. The Morgan fingerprint density at radius 2 is 2.29 bits per heavy atom. The summed E-state index contributed by atoms with van der Waals surface area (Å²) in [5.41, 5.74) is 0.921. The van der Waals surface area contributed by atoms with E-state index in [2.05, 4.69) is 20.4 Å². The SMILES string of the molecule is O=C(N[C@H]1CCNC1)c1cc2c(OC(F)F)cccc2[nH]1. The fraction of sp³-hybridized carbons (Fsp3) is 0.357. The molecule has 2 heterocycles. The molecule has 0 aliphatic carbocycles. The van der Waals surface area contributed by atoms with Crippen molar-refractivity contribution in [3.63, 3.8) is 0 Å². The number of hydrogen-bond acceptors (Lipinski definition) is 3. The second kappa shape index (κ2) is 5.69. The van der Waals surface area contributed by atoms with E-state index in [1.165, 1.54) is 12.1 Å². The smallest absolute Gasteiger partial charge is 0.387 e. The van der Waals surface area contributed by atoms with Crippen LogP contribution in [0.15, 0.2) is 24.3 Å². The highest BCUT2D eigenvalue weighted by atomic mass is 19.3. The number of hydrogen-bond donors (Lipinski definition) is 3. The van der Waals surface area contributed by atoms with Gasteiger partial charge >= 0.3 is 6.61 Å². The molecular formula is C14H15F2N3O2. The number of fused-ring (bicyclic) bond motifs is 1. The minimum Gasteiger partial charge on any atom is -0.434 e. The number of H-pyrrole nitrogens is 1. The van der Waals surface area contributed by atoms with E-state index in [0.29, 0.717) is 16.6 Å². The van der Waals surface area contributed by atoms with Gasteiger partial charge in [-0.15, -0.1) is 0 Å². The standard InChI is InChI=1S/C14H15F2N3O2/c15-14(16)21-12-3-1-2-10-9(12)6-11(19-10)13(20)18-8-4-5-17-7-8/h1-3,6,8,14,17,19H,4-5,7H2,(H,18,20)/t8-/m0/s1. The van der Waals surface area contributed by atoms with Gasteiger partial charge in [0.1, 0.15) is 11.4 Å². The van der Waals surface area contributed by atoms with E-state index in [1.807, 2.05) is 0 Å². The number of ether oxygens (including phenoxy) is 1. The first-order valence-corrected chi connectivity index (χ1v) is 6.71. The van der Waals surface area contributed by atoms with Gasteiger partial charge in [0.15, 0.2) is 0 Å². The molecule has 3 rings (SSSR count). The molecule has 2 aromatic rings. The predicted octanol–water partition coefficient (Wildman–Crippen LogP) is 1.86. The minimum absolute atomic E-state index is 0.0559. The Kier molecular flexibility index (Phi) is 3.74. The number of rotatable bonds is 4. The Morgan fingerprint density at radius 1 is 1.43 bits per heavy atom. The fourth-order valence-electron chi connectivity index (χ4n) is 2.49. The maximum atomic E-state index is 12.4. The van der Waals surface area contributed by atoms with Gasteiger partial charge in [0.2, 0.25) is 0 Å². The molecule has 5 nitrogen and oxygen atoms in total. The van der Waals surface area contributed by atoms with E-state index >= 15 is 0 Å². The van der Waals surface area contributed by atoms with E-state index in [9.17, 15) is 13.6 Å². The van der Waals surface area contributed by atoms with Crippen LogP contribution in [0.2, 0.25) is 0 Å². The molecule has 7 heteroatoms. The van der Waals surface area contributed by atoms with Gasteiger partial charge in [-0.2, -0.15) is 8.78 Å². The quantitative estimate of drug-likeness (QED) is 0.806. The molecule has 0 spiro atoms. The maximum absolute atomic E-state index is 12.4. The molecule has 1 saturated heterocycles. The van der Waals surface area contributed by atoms with Crippen molar-refractivity contribution >= 4 is 16.8 Å². The lowest BCUT2D eigenvalue weighted by Gasteiger charge is -2.09. The molecule has 0 saturated carbocycles. The molecular weight excluding hydrogens is 280 g/mol. The molecule has 1 amide bonds. The first-order valence-electron chi connectivity index (χ1n) is 6.71. The molecule has 112 valence electrons. The summed E-state index contributed by atoms with van der Waals surface area (Å²) in [6.07, 6.45) is 0.881. The fourth-order valence-corrected chi connectivity index (χ4v) is 2.49. The van der Waals surface area contributed by atoms with E-state index < -0.39 is 6.61 Å². The largest absolute Gasteiger partial charge is 0.434 e. The molecule has 1 aliphatic heterocycles. The second-order valence-electron chi connectivity index (χ2n) is 4.94. The van der Waals surface area contributed by atoms with Gasteiger partial charge < -0.3 is 20.4 Å². The zero-order valence-corrected chi connectivity index (χ0v) is 11.2. The molecule has 0 bridgehead atoms. The van der Waals surface area contributed by atoms with Gasteiger partial charge in [0, 0.05) is 23.5 Å². The first kappa shape index (κ1) is 13.8. The van der Waals surface area contributed by atoms with Crippen LogP contribution in [-0.4, -0.2) is 36.6 Å². The third-order valence-electron chi connectivity index (χ3n) is 3.48. The maximum Gasteiger partial charge on any atom is 0.387 e. The van der Waals surface area contributed by atoms with Crippen molar-refractivity contribution in [3.8, 4) is 5.75 Å². The number of amides is 1. The highest BCUT2D eigenvalue weighted by Gasteiger charge is 2.19. The van der Waals surface area contributed by atoms with Crippen LogP contribution in [0, 0.1) is 0 Å². The number of benzene rings is 1. The number of nitrogens with one attached hydrogen (secondary N) is 3. The molecule has 1 aromatic heterocycles. The van der Waals surface area contributed by atoms with E-state index in [4.69, 9.17) is 0 Å². The van der Waals surface area contributed by atoms with Crippen molar-refractivity contribution < 1.29 is 18.3 Å². The van der Waals surface area contributed by atoms with Crippen LogP contribution < -0.4 is 15.4 Å². The molecule has 1 aromatic carbocycles. The van der Waals surface area contributed by atoms with Crippen molar-refractivity contribution in [1.82, 2.24) is 15.6 Å². The molecule has 1 fully saturated rings. The number of aromatic amines is 1. The Bertz CT molecular complexity index is 651. The van der Waals surface area contributed by atoms with Crippen LogP contribution in [-0.2, 0) is 0 Å². The van der Waals surface area contributed by atoms with Crippen molar-refractivity contribution in [2.45, 2.75) is 19.1 Å². The van der Waals surface area contributed by atoms with Crippen LogP contribution in [0.1, 0.15) is 16.9 Å². The Morgan fingerprint density at radius 3 is 3.00 bits per heavy atom. The van der Waals surface area contributed by atoms with Gasteiger partial charge in [-0.25, -0.2) is 0 Å². The number of halogens is 2. The van der Waals surface area contributed by atoms with Gasteiger partial charge in [0.05, 0.1) is 0 Å². The number of alkyl halides is 2. The van der Waals surface area contributed by atoms with E-state index in [1.54, 1.807) is 12.1 Å². The Labute approximate surface area is 119 Å². The molecule has 1 aliphatic rings. The molecule has 21 heavy (non-hydrogen) atoms. The molecule has 3 N–H and O–H groups in total. The number of aromatic nitrogens is 1. The molecule has 0 radical (unpaired) electrons. The van der Waals surface area contributed by atoms with Crippen molar-refractivity contribution in [1.29, 1.82) is 0 Å². The average Bonchev–Trinajstić information content (AvgIpc) is 3.06. The molecule has 1 atom stereocenters. The zero-order valence-electron chi connectivity index (χ0n) is 11.2. The zero-order chi connectivity index (χ0) is 14.8. The number of carbonyl (C=O) groups is 1. The second-order valence-corrected chi connectivity index (χ2v) is 4.94. The predicted molar refractivity (Wildman–Crippen MR) is 73.7 cm³/mol. The van der Waals surface area contributed by atoms with Crippen LogP contribution in [0.25, 0.3) is 10.9 Å². The highest BCUT2D eigenvalue weighted by molar-refractivity contribution is 5.99. The third kappa shape index (κ3) is 2.97. The normalized spacial score (nSPS) is 18.3. The van der Waals surface area contributed by atoms with Gasteiger partial charge in [-0.3, -0.25) is 4.79 Å². The Balaban J connectivity index is 1.84. The highest BCUT2D eigenvalue weighted by Crippen LogP contribution is 2.27. The summed E-state index contributed by atoms with van der Waals surface area (Å²) in [5, 5.41) is 6.52. The lowest BCUT2D eigenvalue weighted by molar-refractivity contribution is -0.0487. The van der Waals surface area contributed by atoms with Gasteiger partial charge in [-0.1, -0.05) is 6.07 Å². The average molecular weight is 295 g/mol. The topological polar surface area (TPSA) is 66.2 Å². The van der Waals surface area contributed by atoms with Gasteiger partial charge in [0.25, 0.3) is 5.91 Å². The van der Waals surface area contributed by atoms with E-state index in [0.717, 1.165) is 19.5 Å². The summed E-state index contributed by atoms with van der Waals surface area (Å²) < 4.78 is 29.2. The van der Waals surface area contributed by atoms with Crippen molar-refractivity contribution in [2.24, 2.45) is 0 Å². The summed E-state index contributed by atoms with van der Waals surface area (Å²) in [7, 11) is 0. The monoisotopic (exact) mass is 295 g/mol. The summed E-state index contributed by atoms with van der Waals surface area (Å²) in [6, 6.07) is 6.39. The van der Waals surface area contributed by atoms with Crippen molar-refractivity contribution in [2.75, 3.05) is 13.1 Å².